The topological polar surface area (TPSA) is 50.4 Å². The lowest BCUT2D eigenvalue weighted by Gasteiger charge is -2.17. The zero-order valence-corrected chi connectivity index (χ0v) is 11.3. The van der Waals surface area contributed by atoms with Gasteiger partial charge in [-0.1, -0.05) is 25.1 Å². The average Bonchev–Trinajstić information content (AvgIpc) is 2.35. The number of para-hydroxylation sites is 1. The molecule has 18 heavy (non-hydrogen) atoms. The zero-order chi connectivity index (χ0) is 13.4. The molecule has 1 aromatic carbocycles. The molecule has 1 rings (SSSR count). The third kappa shape index (κ3) is 4.85. The Hall–Kier alpha value is -1.39. The Morgan fingerprint density at radius 3 is 2.72 bits per heavy atom. The maximum atomic E-state index is 11.1. The van der Waals surface area contributed by atoms with Crippen molar-refractivity contribution in [2.75, 3.05) is 19.0 Å². The van der Waals surface area contributed by atoms with Crippen LogP contribution in [0.25, 0.3) is 0 Å². The van der Waals surface area contributed by atoms with Gasteiger partial charge < -0.3 is 15.4 Å². The lowest BCUT2D eigenvalue weighted by Crippen LogP contribution is -2.32. The zero-order valence-electron chi connectivity index (χ0n) is 11.3. The standard InChI is InChI=1S/C14H22N2O2/c1-4-13(10-18-3)15-9-12-7-5-6-8-14(12)16-11(2)17/h5-8,13,15H,4,9-10H2,1-3H3,(H,16,17). The first kappa shape index (κ1) is 14.7. The molecule has 0 fully saturated rings. The first-order chi connectivity index (χ1) is 8.67. The Kier molecular flexibility index (Phi) is 6.39. The Morgan fingerprint density at radius 1 is 1.39 bits per heavy atom. The van der Waals surface area contributed by atoms with Gasteiger partial charge in [0.2, 0.25) is 5.91 Å². The van der Waals surface area contributed by atoms with Crippen molar-refractivity contribution in [1.29, 1.82) is 0 Å². The van der Waals surface area contributed by atoms with Gasteiger partial charge in [-0.05, 0) is 18.1 Å². The minimum absolute atomic E-state index is 0.0496. The molecule has 0 aromatic heterocycles. The fourth-order valence-electron chi connectivity index (χ4n) is 1.76. The summed E-state index contributed by atoms with van der Waals surface area (Å²) in [6, 6.07) is 8.15. The highest BCUT2D eigenvalue weighted by molar-refractivity contribution is 5.89. The molecule has 0 radical (unpaired) electrons. The van der Waals surface area contributed by atoms with Crippen molar-refractivity contribution in [1.82, 2.24) is 5.32 Å². The van der Waals surface area contributed by atoms with Crippen LogP contribution in [0.5, 0.6) is 0 Å². The molecule has 100 valence electrons. The number of benzene rings is 1. The van der Waals surface area contributed by atoms with Gasteiger partial charge >= 0.3 is 0 Å². The van der Waals surface area contributed by atoms with Crippen LogP contribution < -0.4 is 10.6 Å². The summed E-state index contributed by atoms with van der Waals surface area (Å²) in [4.78, 5) is 11.1. The molecule has 2 N–H and O–H groups in total. The first-order valence-corrected chi connectivity index (χ1v) is 6.25. The van der Waals surface area contributed by atoms with Gasteiger partial charge in [-0.15, -0.1) is 0 Å². The molecular formula is C14H22N2O2. The van der Waals surface area contributed by atoms with Crippen LogP contribution in [-0.2, 0) is 16.1 Å². The van der Waals surface area contributed by atoms with E-state index in [2.05, 4.69) is 17.6 Å². The highest BCUT2D eigenvalue weighted by Gasteiger charge is 2.07. The van der Waals surface area contributed by atoms with E-state index in [1.54, 1.807) is 7.11 Å². The van der Waals surface area contributed by atoms with E-state index in [0.29, 0.717) is 12.6 Å². The van der Waals surface area contributed by atoms with Gasteiger partial charge in [0, 0.05) is 32.3 Å². The van der Waals surface area contributed by atoms with Crippen molar-refractivity contribution < 1.29 is 9.53 Å². The van der Waals surface area contributed by atoms with Crippen LogP contribution in [0.2, 0.25) is 0 Å². The molecule has 0 aliphatic heterocycles. The van der Waals surface area contributed by atoms with Crippen LogP contribution in [0.4, 0.5) is 5.69 Å². The van der Waals surface area contributed by atoms with Crippen LogP contribution in [0, 0.1) is 0 Å². The van der Waals surface area contributed by atoms with E-state index in [1.165, 1.54) is 6.92 Å². The number of hydrogen-bond acceptors (Lipinski definition) is 3. The molecule has 0 aliphatic carbocycles. The fraction of sp³-hybridized carbons (Fsp3) is 0.500. The normalized spacial score (nSPS) is 12.2. The van der Waals surface area contributed by atoms with E-state index in [9.17, 15) is 4.79 Å². The number of carbonyl (C=O) groups is 1. The van der Waals surface area contributed by atoms with E-state index in [4.69, 9.17) is 4.74 Å². The highest BCUT2D eigenvalue weighted by atomic mass is 16.5. The molecule has 0 saturated heterocycles. The van der Waals surface area contributed by atoms with Gasteiger partial charge in [0.25, 0.3) is 0 Å². The molecule has 4 nitrogen and oxygen atoms in total. The summed E-state index contributed by atoms with van der Waals surface area (Å²) >= 11 is 0. The summed E-state index contributed by atoms with van der Waals surface area (Å²) in [5, 5.41) is 6.26. The predicted molar refractivity (Wildman–Crippen MR) is 73.5 cm³/mol. The molecular weight excluding hydrogens is 228 g/mol. The fourth-order valence-corrected chi connectivity index (χ4v) is 1.76. The summed E-state index contributed by atoms with van der Waals surface area (Å²) in [5.74, 6) is -0.0496. The number of carbonyl (C=O) groups excluding carboxylic acids is 1. The van der Waals surface area contributed by atoms with Crippen LogP contribution in [-0.4, -0.2) is 25.7 Å². The van der Waals surface area contributed by atoms with Gasteiger partial charge in [0.05, 0.1) is 6.61 Å². The lowest BCUT2D eigenvalue weighted by molar-refractivity contribution is -0.114. The van der Waals surface area contributed by atoms with E-state index in [-0.39, 0.29) is 5.91 Å². The molecule has 1 amide bonds. The molecule has 0 aliphatic rings. The maximum absolute atomic E-state index is 11.1. The Balaban J connectivity index is 2.62. The largest absolute Gasteiger partial charge is 0.383 e. The summed E-state index contributed by atoms with van der Waals surface area (Å²) in [6.07, 6.45) is 1.01. The van der Waals surface area contributed by atoms with Gasteiger partial charge in [-0.25, -0.2) is 0 Å². The second-order valence-corrected chi connectivity index (χ2v) is 4.28. The Morgan fingerprint density at radius 2 is 2.11 bits per heavy atom. The number of anilines is 1. The predicted octanol–water partition coefficient (Wildman–Crippen LogP) is 2.16. The van der Waals surface area contributed by atoms with Gasteiger partial charge in [-0.2, -0.15) is 0 Å². The van der Waals surface area contributed by atoms with E-state index < -0.39 is 0 Å². The Bertz CT molecular complexity index is 380. The van der Waals surface area contributed by atoms with Crippen LogP contribution >= 0.6 is 0 Å². The molecule has 1 aromatic rings. The quantitative estimate of drug-likeness (QED) is 0.779. The number of nitrogens with one attached hydrogen (secondary N) is 2. The molecule has 0 spiro atoms. The second-order valence-electron chi connectivity index (χ2n) is 4.28. The van der Waals surface area contributed by atoms with E-state index >= 15 is 0 Å². The van der Waals surface area contributed by atoms with Crippen molar-refractivity contribution in [3.8, 4) is 0 Å². The summed E-state index contributed by atoms with van der Waals surface area (Å²) < 4.78 is 5.15. The minimum Gasteiger partial charge on any atom is -0.383 e. The van der Waals surface area contributed by atoms with E-state index in [0.717, 1.165) is 24.2 Å². The van der Waals surface area contributed by atoms with Gasteiger partial charge in [0.1, 0.15) is 0 Å². The number of rotatable bonds is 7. The summed E-state index contributed by atoms with van der Waals surface area (Å²) in [7, 11) is 1.70. The molecule has 0 bridgehead atoms. The monoisotopic (exact) mass is 250 g/mol. The van der Waals surface area contributed by atoms with Crippen molar-refractivity contribution in [3.05, 3.63) is 29.8 Å². The van der Waals surface area contributed by atoms with Gasteiger partial charge in [0.15, 0.2) is 0 Å². The molecule has 1 atom stereocenters. The smallest absolute Gasteiger partial charge is 0.221 e. The van der Waals surface area contributed by atoms with Crippen LogP contribution in [0.1, 0.15) is 25.8 Å². The van der Waals surface area contributed by atoms with Gasteiger partial charge in [-0.3, -0.25) is 4.79 Å². The minimum atomic E-state index is -0.0496. The third-order valence-electron chi connectivity index (χ3n) is 2.77. The Labute approximate surface area is 109 Å². The van der Waals surface area contributed by atoms with Crippen molar-refractivity contribution >= 4 is 11.6 Å². The average molecular weight is 250 g/mol. The first-order valence-electron chi connectivity index (χ1n) is 6.25. The molecule has 0 heterocycles. The third-order valence-corrected chi connectivity index (χ3v) is 2.77. The number of methoxy groups -OCH3 is 1. The van der Waals surface area contributed by atoms with Crippen LogP contribution in [0.3, 0.4) is 0 Å². The van der Waals surface area contributed by atoms with Crippen molar-refractivity contribution in [3.63, 3.8) is 0 Å². The summed E-state index contributed by atoms with van der Waals surface area (Å²) in [5.41, 5.74) is 1.95. The molecule has 1 unspecified atom stereocenters. The molecule has 0 saturated carbocycles. The number of hydrogen-bond donors (Lipinski definition) is 2. The van der Waals surface area contributed by atoms with Crippen molar-refractivity contribution in [2.24, 2.45) is 0 Å². The molecule has 4 heteroatoms. The number of ether oxygens (including phenoxy) is 1. The lowest BCUT2D eigenvalue weighted by atomic mass is 10.1. The maximum Gasteiger partial charge on any atom is 0.221 e. The van der Waals surface area contributed by atoms with E-state index in [1.807, 2.05) is 24.3 Å². The summed E-state index contributed by atoms with van der Waals surface area (Å²) in [6.45, 7) is 5.05. The number of amides is 1. The highest BCUT2D eigenvalue weighted by Crippen LogP contribution is 2.15. The SMILES string of the molecule is CCC(COC)NCc1ccccc1NC(C)=O. The van der Waals surface area contributed by atoms with Crippen molar-refractivity contribution in [2.45, 2.75) is 32.9 Å². The second kappa shape index (κ2) is 7.84. The van der Waals surface area contributed by atoms with Crippen LogP contribution in [0.15, 0.2) is 24.3 Å².